The van der Waals surface area contributed by atoms with Gasteiger partial charge in [0.2, 0.25) is 0 Å². The van der Waals surface area contributed by atoms with E-state index in [1.165, 1.54) is 13.8 Å². The van der Waals surface area contributed by atoms with Crippen molar-refractivity contribution < 1.29 is 53.6 Å². The molecule has 0 spiro atoms. The molecular formula is C73H99Cl2N2O7P2V-5. The van der Waals surface area contributed by atoms with Gasteiger partial charge in [-0.1, -0.05) is 268 Å². The third-order valence-electron chi connectivity index (χ3n) is 14.6. The van der Waals surface area contributed by atoms with Gasteiger partial charge in [-0.15, -0.1) is 23.2 Å². The van der Waals surface area contributed by atoms with Crippen LogP contribution in [0, 0.1) is 22.7 Å². The molecule has 9 nitrogen and oxygen atoms in total. The molecule has 1 radical (unpaired) electrons. The van der Waals surface area contributed by atoms with Crippen LogP contribution in [-0.2, 0) is 76.5 Å². The minimum atomic E-state index is -3.86. The molecule has 1 N–H and O–H groups in total. The van der Waals surface area contributed by atoms with Crippen LogP contribution in [0.2, 0.25) is 0 Å². The van der Waals surface area contributed by atoms with Crippen LogP contribution < -0.4 is 47.1 Å². The molecule has 1 atom stereocenters. The number of halogens is 2. The van der Waals surface area contributed by atoms with Gasteiger partial charge in [0.1, 0.15) is 5.75 Å². The molecule has 0 aromatic heterocycles. The van der Waals surface area contributed by atoms with Crippen LogP contribution in [0.1, 0.15) is 225 Å². The van der Waals surface area contributed by atoms with Gasteiger partial charge in [-0.25, -0.2) is 0 Å². The zero-order valence-corrected chi connectivity index (χ0v) is 61.7. The summed E-state index contributed by atoms with van der Waals surface area (Å²) in [4.78, 5) is 0. The summed E-state index contributed by atoms with van der Waals surface area (Å²) in [6.45, 7) is 52.3. The van der Waals surface area contributed by atoms with E-state index in [-0.39, 0.29) is 89.9 Å². The molecule has 0 saturated heterocycles. The number of alkyl halides is 2. The van der Waals surface area contributed by atoms with E-state index in [0.717, 1.165) is 27.8 Å². The van der Waals surface area contributed by atoms with Crippen molar-refractivity contribution in [3.05, 3.63) is 154 Å². The Labute approximate surface area is 547 Å². The maximum atomic E-state index is 15.8. The first kappa shape index (κ1) is 82.1. The number of nitrogens with zero attached hydrogens (tertiary/aromatic N) is 2. The molecule has 6 aromatic rings. The van der Waals surface area contributed by atoms with E-state index in [9.17, 15) is 20.4 Å². The Kier molecular flexibility index (Phi) is 29.0. The summed E-state index contributed by atoms with van der Waals surface area (Å²) in [7, 11) is -7.66. The molecule has 0 fully saturated rings. The predicted molar refractivity (Wildman–Crippen MR) is 361 cm³/mol. The Morgan fingerprint density at radius 3 is 0.770 bits per heavy atom. The van der Waals surface area contributed by atoms with Crippen LogP contribution in [0.4, 0.5) is 0 Å². The second-order valence-electron chi connectivity index (χ2n) is 29.9. The summed E-state index contributed by atoms with van der Waals surface area (Å²) < 4.78 is 31.6. The van der Waals surface area contributed by atoms with Gasteiger partial charge in [0, 0.05) is 64.5 Å². The van der Waals surface area contributed by atoms with Gasteiger partial charge in [0.25, 0.3) is 0 Å². The number of aromatic hydroxyl groups is 1. The maximum absolute atomic E-state index is 15.8. The van der Waals surface area contributed by atoms with E-state index in [1.807, 2.05) is 180 Å². The van der Waals surface area contributed by atoms with E-state index < -0.39 is 35.9 Å². The molecule has 6 rings (SSSR count). The number of phenolic OH excluding ortho intramolecular Hbond substituents is 1. The quantitative estimate of drug-likeness (QED) is 0.125. The minimum absolute atomic E-state index is 0. The molecule has 0 aliphatic heterocycles. The topological polar surface area (TPSA) is 200 Å². The first-order valence-corrected chi connectivity index (χ1v) is 33.4. The molecule has 0 aliphatic rings. The Morgan fingerprint density at radius 1 is 0.391 bits per heavy atom. The molecule has 0 amide bonds. The normalized spacial score (nSPS) is 12.8. The Bertz CT molecular complexity index is 3040. The minimum Gasteiger partial charge on any atom is -2.00 e. The number of hydrogen-bond acceptors (Lipinski definition) is 8. The molecule has 0 heterocycles. The number of hydrogen-bond donors (Lipinski definition) is 1. The first-order valence-electron chi connectivity index (χ1n) is 29.0. The third-order valence-corrected chi connectivity index (χ3v) is 20.7. The van der Waals surface area contributed by atoms with Crippen molar-refractivity contribution >= 4 is 69.3 Å². The zero-order chi connectivity index (χ0) is 66.2. The van der Waals surface area contributed by atoms with E-state index >= 15 is 9.13 Å². The van der Waals surface area contributed by atoms with Crippen LogP contribution in [-0.4, -0.2) is 10.4 Å². The summed E-state index contributed by atoms with van der Waals surface area (Å²) in [5.74, 6) is -0.683. The Hall–Kier alpha value is -4.92. The fourth-order valence-electron chi connectivity index (χ4n) is 9.47. The van der Waals surface area contributed by atoms with Crippen LogP contribution >= 0.6 is 37.5 Å². The smallest absolute Gasteiger partial charge is 0.174 e. The second kappa shape index (κ2) is 30.7. The third kappa shape index (κ3) is 20.0. The van der Waals surface area contributed by atoms with Crippen LogP contribution in [0.15, 0.2) is 109 Å². The van der Waals surface area contributed by atoms with Crippen molar-refractivity contribution in [2.75, 3.05) is 5.34 Å². The van der Waals surface area contributed by atoms with Crippen molar-refractivity contribution in [1.82, 2.24) is 0 Å². The average Bonchev–Trinajstić information content (AvgIpc) is 0.872. The van der Waals surface area contributed by atoms with Crippen molar-refractivity contribution in [2.45, 2.75) is 223 Å². The van der Waals surface area contributed by atoms with Gasteiger partial charge in [-0.2, -0.15) is 10.5 Å². The van der Waals surface area contributed by atoms with Gasteiger partial charge in [-0.05, 0) is 107 Å². The molecular weight excluding hydrogens is 1200 g/mol. The molecule has 477 valence electrons. The SMILES string of the molecule is CC#N.CC#N.CC(C)(C)c1cc(C(C)(C)C)c([O-])c(P(=O)(c2ccccc2)c2cc(C(C)(C)C)cc(C(C)(C)C)c2[O-])c1.CC(C)(C)c1cc(C(C)(C)C)c([O-])c([P@@](=O)(c2ccccc2)c2cc(C(C)(C)C)cc(C(C)(C)C)c2O)c1.ClCCl.[O-2].[V]. The molecule has 0 saturated carbocycles. The summed E-state index contributed by atoms with van der Waals surface area (Å²) in [5, 5.41) is 71.7. The molecule has 0 unspecified atom stereocenters. The van der Waals surface area contributed by atoms with Crippen LogP contribution in [0.5, 0.6) is 23.0 Å². The van der Waals surface area contributed by atoms with Crippen molar-refractivity contribution in [2.24, 2.45) is 0 Å². The van der Waals surface area contributed by atoms with Gasteiger partial charge < -0.3 is 35.0 Å². The van der Waals surface area contributed by atoms with E-state index in [0.29, 0.717) is 32.6 Å². The first-order chi connectivity index (χ1) is 38.4. The zero-order valence-electron chi connectivity index (χ0n) is 57.0. The summed E-state index contributed by atoms with van der Waals surface area (Å²) in [5.41, 5.74) is 3.54. The Balaban J connectivity index is 0.00000147. The fourth-order valence-corrected chi connectivity index (χ4v) is 15.2. The number of nitriles is 2. The molecule has 87 heavy (non-hydrogen) atoms. The molecule has 0 bridgehead atoms. The number of benzene rings is 6. The van der Waals surface area contributed by atoms with Crippen molar-refractivity contribution in [3.63, 3.8) is 0 Å². The van der Waals surface area contributed by atoms with Gasteiger partial charge in [0.05, 0.1) is 22.8 Å². The van der Waals surface area contributed by atoms with Gasteiger partial charge in [0.15, 0.2) is 14.3 Å². The maximum Gasteiger partial charge on any atom is 0.174 e. The second-order valence-corrected chi connectivity index (χ2v) is 36.2. The van der Waals surface area contributed by atoms with Gasteiger partial charge >= 0.3 is 0 Å². The summed E-state index contributed by atoms with van der Waals surface area (Å²) in [6.07, 6.45) is 0. The molecule has 14 heteroatoms. The van der Waals surface area contributed by atoms with Gasteiger partial charge in [-0.3, -0.25) is 0 Å². The fraction of sp³-hybridized carbons (Fsp3) is 0.479. The molecule has 0 aliphatic carbocycles. The molecule has 6 aromatic carbocycles. The number of rotatable bonds is 6. The Morgan fingerprint density at radius 2 is 0.575 bits per heavy atom. The predicted octanol–water partition coefficient (Wildman–Crippen LogP) is 16.3. The van der Waals surface area contributed by atoms with E-state index in [4.69, 9.17) is 33.7 Å². The summed E-state index contributed by atoms with van der Waals surface area (Å²) in [6, 6.07) is 37.1. The standard InChI is InChI=1S/2C34H47O3P.2C2H3N.CH2Cl2.O.V/c2*1-31(2,3)22-18-25(33(7,8)9)29(35)27(20-22)38(37,24-16-14-13-15-17-24)28-21-23(32(4,5)6)19-26(30(28)36)34(10,11)12;2*1-2-3;2-1-3;;/h2*13-21,35-36H,1-12H3;2*1H3;1H2;;/q;;;;;-2;/p-3. The van der Waals surface area contributed by atoms with Crippen molar-refractivity contribution in [3.8, 4) is 35.1 Å². The number of phenols is 1. The van der Waals surface area contributed by atoms with Crippen molar-refractivity contribution in [1.29, 1.82) is 10.5 Å². The largest absolute Gasteiger partial charge is 2.00 e. The van der Waals surface area contributed by atoms with E-state index in [2.05, 4.69) is 83.1 Å². The van der Waals surface area contributed by atoms with Crippen LogP contribution in [0.25, 0.3) is 0 Å². The summed E-state index contributed by atoms with van der Waals surface area (Å²) >= 11 is 9.53. The van der Waals surface area contributed by atoms with Crippen LogP contribution in [0.3, 0.4) is 0 Å². The average molecular weight is 1300 g/mol. The monoisotopic (exact) mass is 1300 g/mol. The van der Waals surface area contributed by atoms with E-state index in [1.54, 1.807) is 24.3 Å².